The maximum atomic E-state index is 4.00. The van der Waals surface area contributed by atoms with Gasteiger partial charge in [-0.2, -0.15) is 12.6 Å². The highest BCUT2D eigenvalue weighted by Gasteiger charge is 1.68. The summed E-state index contributed by atoms with van der Waals surface area (Å²) < 4.78 is 0. The van der Waals surface area contributed by atoms with E-state index in [9.17, 15) is 0 Å². The lowest BCUT2D eigenvalue weighted by molar-refractivity contribution is 0.899. The molecule has 0 aromatic carbocycles. The molecule has 0 heterocycles. The molecule has 0 saturated heterocycles. The number of hydrogen-bond acceptors (Lipinski definition) is 1. The third kappa shape index (κ3) is 8.85. The van der Waals surface area contributed by atoms with Gasteiger partial charge < -0.3 is 0 Å². The van der Waals surface area contributed by atoms with Gasteiger partial charge in [-0.3, -0.25) is 0 Å². The predicted octanol–water partition coefficient (Wildman–Crippen LogP) is 1.24. The molecule has 0 aromatic rings. The first-order chi connectivity index (χ1) is 2.41. The molecule has 0 spiro atoms. The van der Waals surface area contributed by atoms with Crippen molar-refractivity contribution < 1.29 is 0 Å². The van der Waals surface area contributed by atoms with Gasteiger partial charge in [0.1, 0.15) is 0 Å². The lowest BCUT2D eigenvalue weighted by Crippen LogP contribution is -1.65. The molecule has 0 N–H and O–H groups in total. The minimum absolute atomic E-state index is 0. The van der Waals surface area contributed by atoms with Gasteiger partial charge >= 0.3 is 0 Å². The van der Waals surface area contributed by atoms with E-state index in [1.807, 2.05) is 0 Å². The standard InChI is InChI=1S/C4H10S.N/c1-2-3-4-5;/h5H,2-4H2,1H3;. The second kappa shape index (κ2) is 9.00. The Morgan fingerprint density at radius 1 is 1.50 bits per heavy atom. The first-order valence-corrected chi connectivity index (χ1v) is 2.66. The van der Waals surface area contributed by atoms with Crippen LogP contribution >= 0.6 is 12.6 Å². The maximum Gasteiger partial charge on any atom is 0 e. The van der Waals surface area contributed by atoms with Gasteiger partial charge in [0.05, 0.1) is 0 Å². The summed E-state index contributed by atoms with van der Waals surface area (Å²) in [7, 11) is 0. The number of thiol groups is 1. The van der Waals surface area contributed by atoms with E-state index in [4.69, 9.17) is 0 Å². The monoisotopic (exact) mass is 104 g/mol. The lowest BCUT2D eigenvalue weighted by atomic mass is 10.4. The predicted molar refractivity (Wildman–Crippen MR) is 30.9 cm³/mol. The average Bonchev–Trinajstić information content (AvgIpc) is 1.41. The Kier molecular flexibility index (Phi) is 14.4. The molecule has 0 bridgehead atoms. The van der Waals surface area contributed by atoms with Crippen molar-refractivity contribution in [3.63, 3.8) is 0 Å². The Balaban J connectivity index is 0. The molecule has 0 saturated carbocycles. The van der Waals surface area contributed by atoms with Crippen molar-refractivity contribution in [1.29, 1.82) is 0 Å². The summed E-state index contributed by atoms with van der Waals surface area (Å²) >= 11 is 4.00. The van der Waals surface area contributed by atoms with Crippen LogP contribution in [0.3, 0.4) is 0 Å². The molecule has 0 fully saturated rings. The molecular formula is C4H10NS. The Hall–Kier alpha value is 0.310. The molecule has 1 nitrogen and oxygen atoms in total. The molecule has 0 aliphatic heterocycles. The Morgan fingerprint density at radius 2 is 2.00 bits per heavy atom. The van der Waals surface area contributed by atoms with Gasteiger partial charge in [-0.05, 0) is 12.2 Å². The van der Waals surface area contributed by atoms with E-state index in [-0.39, 0.29) is 6.15 Å². The summed E-state index contributed by atoms with van der Waals surface area (Å²) in [4.78, 5) is 0. The summed E-state index contributed by atoms with van der Waals surface area (Å²) in [5.41, 5.74) is 0. The van der Waals surface area contributed by atoms with Crippen molar-refractivity contribution >= 4 is 12.6 Å². The lowest BCUT2D eigenvalue weighted by Gasteiger charge is -1.78. The topological polar surface area (TPSA) is 30.5 Å². The Labute approximate surface area is 45.1 Å². The van der Waals surface area contributed by atoms with Crippen LogP contribution in [0, 0.1) is 0 Å². The van der Waals surface area contributed by atoms with Gasteiger partial charge in [0.15, 0.2) is 0 Å². The maximum absolute atomic E-state index is 4.00. The van der Waals surface area contributed by atoms with E-state index in [0.29, 0.717) is 0 Å². The highest BCUT2D eigenvalue weighted by molar-refractivity contribution is 7.80. The summed E-state index contributed by atoms with van der Waals surface area (Å²) in [6, 6.07) is 0. The second-order valence-electron chi connectivity index (χ2n) is 1.08. The van der Waals surface area contributed by atoms with Crippen molar-refractivity contribution in [3.05, 3.63) is 0 Å². The smallest absolute Gasteiger partial charge is 0 e. The molecule has 0 amide bonds. The molecule has 0 rings (SSSR count). The van der Waals surface area contributed by atoms with Crippen LogP contribution in [0.1, 0.15) is 19.8 Å². The van der Waals surface area contributed by atoms with E-state index in [1.165, 1.54) is 12.8 Å². The fourth-order valence-corrected chi connectivity index (χ4v) is 0.474. The summed E-state index contributed by atoms with van der Waals surface area (Å²) in [6.07, 6.45) is 2.52. The van der Waals surface area contributed by atoms with E-state index < -0.39 is 0 Å². The van der Waals surface area contributed by atoms with E-state index in [2.05, 4.69) is 19.6 Å². The van der Waals surface area contributed by atoms with Gasteiger partial charge in [0.2, 0.25) is 0 Å². The van der Waals surface area contributed by atoms with Crippen LogP contribution in [0.25, 0.3) is 0 Å². The third-order valence-corrected chi connectivity index (χ3v) is 0.828. The normalized spacial score (nSPS) is 7.00. The molecule has 0 atom stereocenters. The van der Waals surface area contributed by atoms with Crippen molar-refractivity contribution in [2.45, 2.75) is 19.8 Å². The molecule has 0 unspecified atom stereocenters. The van der Waals surface area contributed by atoms with Crippen LogP contribution in [0.5, 0.6) is 0 Å². The minimum Gasteiger partial charge on any atom is -0.179 e. The van der Waals surface area contributed by atoms with E-state index in [0.717, 1.165) is 5.75 Å². The van der Waals surface area contributed by atoms with Crippen LogP contribution < -0.4 is 6.15 Å². The van der Waals surface area contributed by atoms with Gasteiger partial charge in [0.25, 0.3) is 0 Å². The first-order valence-electron chi connectivity index (χ1n) is 2.02. The highest BCUT2D eigenvalue weighted by atomic mass is 32.1. The number of unbranched alkanes of at least 4 members (excludes halogenated alkanes) is 1. The number of nitrogens with zero attached hydrogens (tertiary/aromatic N) is 1. The molecule has 0 aliphatic carbocycles. The molecule has 6 heavy (non-hydrogen) atoms. The van der Waals surface area contributed by atoms with Crippen molar-refractivity contribution in [3.8, 4) is 0 Å². The Morgan fingerprint density at radius 3 is 2.00 bits per heavy atom. The van der Waals surface area contributed by atoms with Crippen LogP contribution in [0.4, 0.5) is 0 Å². The molecule has 37 valence electrons. The zero-order chi connectivity index (χ0) is 4.12. The van der Waals surface area contributed by atoms with Crippen LogP contribution in [-0.2, 0) is 0 Å². The zero-order valence-electron chi connectivity index (χ0n) is 4.02. The second-order valence-corrected chi connectivity index (χ2v) is 1.52. The first kappa shape index (κ1) is 9.58. The highest BCUT2D eigenvalue weighted by Crippen LogP contribution is 1.85. The third-order valence-electron chi connectivity index (χ3n) is 0.512. The zero-order valence-corrected chi connectivity index (χ0v) is 4.91. The molecule has 0 aliphatic rings. The van der Waals surface area contributed by atoms with E-state index in [1.54, 1.807) is 0 Å². The number of rotatable bonds is 2. The van der Waals surface area contributed by atoms with Crippen LogP contribution in [-0.4, -0.2) is 5.75 Å². The van der Waals surface area contributed by atoms with Gasteiger partial charge in [-0.15, -0.1) is 0 Å². The number of hydrogen-bond donors (Lipinski definition) is 1. The molecular weight excluding hydrogens is 94.1 g/mol. The summed E-state index contributed by atoms with van der Waals surface area (Å²) in [6.45, 7) is 2.16. The van der Waals surface area contributed by atoms with Crippen LogP contribution in [0.15, 0.2) is 0 Å². The molecule has 2 heteroatoms. The van der Waals surface area contributed by atoms with Gasteiger partial charge in [-0.1, -0.05) is 13.3 Å². The summed E-state index contributed by atoms with van der Waals surface area (Å²) in [5.74, 6) is 1.04. The quantitative estimate of drug-likeness (QED) is 0.511. The average molecular weight is 104 g/mol. The largest absolute Gasteiger partial charge is 0.179 e. The van der Waals surface area contributed by atoms with Gasteiger partial charge in [-0.25, -0.2) is 0 Å². The van der Waals surface area contributed by atoms with Crippen LogP contribution in [0.2, 0.25) is 0 Å². The summed E-state index contributed by atoms with van der Waals surface area (Å²) in [5, 5.41) is 0. The van der Waals surface area contributed by atoms with E-state index >= 15 is 0 Å². The Bertz CT molecular complexity index is 15.0. The van der Waals surface area contributed by atoms with Crippen molar-refractivity contribution in [1.82, 2.24) is 6.15 Å². The molecule has 0 aromatic heterocycles. The molecule has 3 radical (unpaired) electrons. The SMILES string of the molecule is CCCCS.[N]. The fourth-order valence-electron chi connectivity index (χ4n) is 0.158. The van der Waals surface area contributed by atoms with Crippen molar-refractivity contribution in [2.24, 2.45) is 0 Å². The fraction of sp³-hybridized carbons (Fsp3) is 1.00. The minimum atomic E-state index is 0. The van der Waals surface area contributed by atoms with Crippen molar-refractivity contribution in [2.75, 3.05) is 5.75 Å². The van der Waals surface area contributed by atoms with Gasteiger partial charge in [0, 0.05) is 6.15 Å².